The Bertz CT molecular complexity index is 124. The van der Waals surface area contributed by atoms with Crippen molar-refractivity contribution in [2.75, 3.05) is 0 Å². The van der Waals surface area contributed by atoms with Crippen LogP contribution >= 0.6 is 0 Å². The largest absolute Gasteiger partial charge is 0.0591 e. The van der Waals surface area contributed by atoms with Crippen LogP contribution in [0.5, 0.6) is 0 Å². The molecule has 46 valence electrons. The second-order valence-corrected chi connectivity index (χ2v) is 4.39. The Morgan fingerprint density at radius 3 is 1.50 bits per heavy atom. The van der Waals surface area contributed by atoms with Crippen LogP contribution in [0.2, 0.25) is 0 Å². The van der Waals surface area contributed by atoms with E-state index in [9.17, 15) is 0 Å². The first-order valence-corrected chi connectivity index (χ1v) is 3.56. The van der Waals surface area contributed by atoms with Gasteiger partial charge in [-0.2, -0.15) is 0 Å². The van der Waals surface area contributed by atoms with E-state index in [1.165, 1.54) is 12.8 Å². The lowest BCUT2D eigenvalue weighted by Gasteiger charge is -2.73. The van der Waals surface area contributed by atoms with E-state index in [-0.39, 0.29) is 0 Å². The van der Waals surface area contributed by atoms with Gasteiger partial charge in [-0.3, -0.25) is 0 Å². The van der Waals surface area contributed by atoms with Crippen molar-refractivity contribution in [3.8, 4) is 0 Å². The van der Waals surface area contributed by atoms with Crippen LogP contribution in [0.4, 0.5) is 0 Å². The third-order valence-corrected chi connectivity index (χ3v) is 3.97. The second-order valence-electron chi connectivity index (χ2n) is 4.39. The first-order valence-electron chi connectivity index (χ1n) is 3.56. The molecule has 8 heavy (non-hydrogen) atoms. The Hall–Kier alpha value is 0. The first kappa shape index (κ1) is 4.84. The van der Waals surface area contributed by atoms with Crippen molar-refractivity contribution in [3.63, 3.8) is 0 Å². The van der Waals surface area contributed by atoms with E-state index in [4.69, 9.17) is 0 Å². The minimum atomic E-state index is 0.715. The normalized spacial score (nSPS) is 56.6. The van der Waals surface area contributed by atoms with Crippen molar-refractivity contribution < 1.29 is 0 Å². The molecule has 0 N–H and O–H groups in total. The van der Waals surface area contributed by atoms with Gasteiger partial charge in [0.1, 0.15) is 0 Å². The molecule has 3 rings (SSSR count). The zero-order valence-corrected chi connectivity index (χ0v) is 5.99. The molecule has 0 unspecified atom stereocenters. The fraction of sp³-hybridized carbons (Fsp3) is 1.00. The lowest BCUT2D eigenvalue weighted by molar-refractivity contribution is -0.243. The Morgan fingerprint density at radius 2 is 1.50 bits per heavy atom. The molecule has 0 aromatic heterocycles. The van der Waals surface area contributed by atoms with Gasteiger partial charge in [0.2, 0.25) is 0 Å². The molecule has 3 aliphatic carbocycles. The van der Waals surface area contributed by atoms with Crippen LogP contribution in [0.15, 0.2) is 0 Å². The van der Waals surface area contributed by atoms with Crippen molar-refractivity contribution in [1.29, 1.82) is 0 Å². The molecule has 3 fully saturated rings. The summed E-state index contributed by atoms with van der Waals surface area (Å²) in [5, 5.41) is 0. The molecule has 2 bridgehead atoms. The average molecular weight is 110 g/mol. The number of rotatable bonds is 0. The van der Waals surface area contributed by atoms with Crippen molar-refractivity contribution in [2.24, 2.45) is 16.7 Å². The van der Waals surface area contributed by atoms with Crippen LogP contribution in [-0.4, -0.2) is 0 Å². The van der Waals surface area contributed by atoms with Gasteiger partial charge < -0.3 is 0 Å². The van der Waals surface area contributed by atoms with E-state index in [2.05, 4.69) is 20.8 Å². The van der Waals surface area contributed by atoms with Crippen molar-refractivity contribution in [1.82, 2.24) is 0 Å². The number of hydrogen-bond acceptors (Lipinski definition) is 0. The molecule has 0 radical (unpaired) electrons. The summed E-state index contributed by atoms with van der Waals surface area (Å²) in [6, 6.07) is 0. The molecule has 3 aliphatic rings. The van der Waals surface area contributed by atoms with Gasteiger partial charge in [-0.15, -0.1) is 0 Å². The standard InChI is InChI=1S/C8H14/c1-7(2)6-4-8(7,3)5-6/h6H,4-5H2,1-3H3. The smallest absolute Gasteiger partial charge is 0.0266 e. The summed E-state index contributed by atoms with van der Waals surface area (Å²) >= 11 is 0. The third kappa shape index (κ3) is 0.240. The Balaban J connectivity index is 2.26. The summed E-state index contributed by atoms with van der Waals surface area (Å²) in [5.41, 5.74) is 1.48. The highest BCUT2D eigenvalue weighted by atomic mass is 14.7. The predicted molar refractivity (Wildman–Crippen MR) is 34.6 cm³/mol. The maximum absolute atomic E-state index is 2.42. The zero-order valence-electron chi connectivity index (χ0n) is 5.99. The van der Waals surface area contributed by atoms with E-state index in [1.54, 1.807) is 0 Å². The molecular formula is C8H14. The van der Waals surface area contributed by atoms with Crippen LogP contribution < -0.4 is 0 Å². The van der Waals surface area contributed by atoms with Gasteiger partial charge in [0.15, 0.2) is 0 Å². The fourth-order valence-electron chi connectivity index (χ4n) is 2.29. The molecule has 0 spiro atoms. The van der Waals surface area contributed by atoms with E-state index in [1.807, 2.05) is 0 Å². The molecular weight excluding hydrogens is 96.1 g/mol. The summed E-state index contributed by atoms with van der Waals surface area (Å²) in [7, 11) is 0. The summed E-state index contributed by atoms with van der Waals surface area (Å²) in [4.78, 5) is 0. The quantitative estimate of drug-likeness (QED) is 0.449. The van der Waals surface area contributed by atoms with Crippen LogP contribution in [0, 0.1) is 16.7 Å². The maximum Gasteiger partial charge on any atom is -0.0266 e. The van der Waals surface area contributed by atoms with Gasteiger partial charge in [0.05, 0.1) is 0 Å². The van der Waals surface area contributed by atoms with Gasteiger partial charge in [-0.05, 0) is 29.6 Å². The predicted octanol–water partition coefficient (Wildman–Crippen LogP) is 2.44. The van der Waals surface area contributed by atoms with Crippen LogP contribution in [0.1, 0.15) is 33.6 Å². The number of hydrogen-bond donors (Lipinski definition) is 0. The van der Waals surface area contributed by atoms with Crippen LogP contribution in [-0.2, 0) is 0 Å². The minimum absolute atomic E-state index is 0.715. The molecule has 0 heteroatoms. The van der Waals surface area contributed by atoms with E-state index in [0.717, 1.165) is 11.3 Å². The Labute approximate surface area is 51.3 Å². The molecule has 0 aromatic rings. The highest BCUT2D eigenvalue weighted by Crippen LogP contribution is 2.75. The van der Waals surface area contributed by atoms with Gasteiger partial charge in [-0.25, -0.2) is 0 Å². The fourth-order valence-corrected chi connectivity index (χ4v) is 2.29. The Morgan fingerprint density at radius 1 is 1.12 bits per heavy atom. The van der Waals surface area contributed by atoms with Crippen LogP contribution in [0.25, 0.3) is 0 Å². The van der Waals surface area contributed by atoms with Gasteiger partial charge >= 0.3 is 0 Å². The van der Waals surface area contributed by atoms with Gasteiger partial charge in [-0.1, -0.05) is 20.8 Å². The second kappa shape index (κ2) is 0.872. The zero-order chi connectivity index (χ0) is 5.99. The van der Waals surface area contributed by atoms with E-state index < -0.39 is 0 Å². The van der Waals surface area contributed by atoms with Gasteiger partial charge in [0.25, 0.3) is 0 Å². The third-order valence-electron chi connectivity index (χ3n) is 3.97. The summed E-state index contributed by atoms with van der Waals surface area (Å²) < 4.78 is 0. The molecule has 0 heterocycles. The van der Waals surface area contributed by atoms with E-state index >= 15 is 0 Å². The summed E-state index contributed by atoms with van der Waals surface area (Å²) in [6.07, 6.45) is 3.03. The lowest BCUT2D eigenvalue weighted by Crippen LogP contribution is -2.65. The van der Waals surface area contributed by atoms with Crippen molar-refractivity contribution in [3.05, 3.63) is 0 Å². The molecule has 3 saturated carbocycles. The molecule has 0 saturated heterocycles. The summed E-state index contributed by atoms with van der Waals surface area (Å²) in [5.74, 6) is 1.09. The molecule has 0 atom stereocenters. The molecule has 0 amide bonds. The molecule has 0 aliphatic heterocycles. The summed E-state index contributed by atoms with van der Waals surface area (Å²) in [6.45, 7) is 7.24. The monoisotopic (exact) mass is 110 g/mol. The average Bonchev–Trinajstić information content (AvgIpc) is 1.62. The van der Waals surface area contributed by atoms with Gasteiger partial charge in [0, 0.05) is 0 Å². The SMILES string of the molecule is CC12CC(C1)C2(C)C. The molecule has 0 nitrogen and oxygen atoms in total. The lowest BCUT2D eigenvalue weighted by atomic mass is 9.31. The maximum atomic E-state index is 2.42. The van der Waals surface area contributed by atoms with Crippen molar-refractivity contribution >= 4 is 0 Å². The van der Waals surface area contributed by atoms with E-state index in [0.29, 0.717) is 5.41 Å². The topological polar surface area (TPSA) is 0 Å². The highest BCUT2D eigenvalue weighted by Gasteiger charge is 2.67. The first-order chi connectivity index (χ1) is 3.56. The Kier molecular flexibility index (Phi) is 0.527. The van der Waals surface area contributed by atoms with Crippen LogP contribution in [0.3, 0.4) is 0 Å². The van der Waals surface area contributed by atoms with Crippen molar-refractivity contribution in [2.45, 2.75) is 33.6 Å². The molecule has 0 aromatic carbocycles. The minimum Gasteiger partial charge on any atom is -0.0591 e. The highest BCUT2D eigenvalue weighted by molar-refractivity contribution is 5.16.